The monoisotopic (exact) mass is 374 g/mol. The molecular weight excluding hydrogens is 344 g/mol. The number of guanidine groups is 1. The van der Waals surface area contributed by atoms with Crippen molar-refractivity contribution in [2.75, 3.05) is 52.6 Å². The second-order valence-electron chi connectivity index (χ2n) is 6.74. The van der Waals surface area contributed by atoms with E-state index in [2.05, 4.69) is 15.2 Å². The third-order valence-electron chi connectivity index (χ3n) is 4.82. The van der Waals surface area contributed by atoms with Gasteiger partial charge in [0.2, 0.25) is 10.0 Å². The fourth-order valence-electron chi connectivity index (χ4n) is 3.45. The number of sulfonamides is 1. The number of piperidine rings is 1. The van der Waals surface area contributed by atoms with Gasteiger partial charge in [-0.25, -0.2) is 12.7 Å². The first kappa shape index (κ1) is 20.0. The highest BCUT2D eigenvalue weighted by Gasteiger charge is 2.31. The summed E-state index contributed by atoms with van der Waals surface area (Å²) in [5.41, 5.74) is 0. The lowest BCUT2D eigenvalue weighted by Crippen LogP contribution is -2.49. The van der Waals surface area contributed by atoms with E-state index in [1.165, 1.54) is 10.6 Å². The molecule has 0 bridgehead atoms. The second kappa shape index (κ2) is 8.84. The van der Waals surface area contributed by atoms with Crippen LogP contribution in [-0.2, 0) is 19.6 Å². The highest BCUT2D eigenvalue weighted by atomic mass is 32.2. The number of likely N-dealkylation sites (tertiary alicyclic amines) is 1. The minimum Gasteiger partial charge on any atom is -0.466 e. The van der Waals surface area contributed by atoms with Crippen LogP contribution in [0.1, 0.15) is 26.2 Å². The maximum atomic E-state index is 12.0. The number of carbonyl (C=O) groups excluding carboxylic acids is 1. The van der Waals surface area contributed by atoms with Crippen molar-refractivity contribution in [3.63, 3.8) is 0 Å². The molecule has 0 radical (unpaired) electrons. The Labute approximate surface area is 150 Å². The van der Waals surface area contributed by atoms with Crippen LogP contribution in [0, 0.1) is 11.8 Å². The zero-order valence-corrected chi connectivity index (χ0v) is 16.2. The van der Waals surface area contributed by atoms with Crippen molar-refractivity contribution in [1.29, 1.82) is 0 Å². The van der Waals surface area contributed by atoms with E-state index in [0.717, 1.165) is 31.8 Å². The summed E-state index contributed by atoms with van der Waals surface area (Å²) in [7, 11) is -1.38. The number of aliphatic imine (C=N–C) groups is 1. The number of hydrogen-bond donors (Lipinski definition) is 1. The Hall–Kier alpha value is -1.35. The Morgan fingerprint density at radius 3 is 2.64 bits per heavy atom. The van der Waals surface area contributed by atoms with Crippen LogP contribution in [0.25, 0.3) is 0 Å². The molecule has 0 saturated carbocycles. The Morgan fingerprint density at radius 1 is 1.28 bits per heavy atom. The predicted molar refractivity (Wildman–Crippen MR) is 96.8 cm³/mol. The van der Waals surface area contributed by atoms with Crippen LogP contribution in [0.4, 0.5) is 0 Å². The molecule has 8 nitrogen and oxygen atoms in total. The predicted octanol–water partition coefficient (Wildman–Crippen LogP) is 0.118. The van der Waals surface area contributed by atoms with Crippen molar-refractivity contribution < 1.29 is 17.9 Å². The molecule has 2 heterocycles. The van der Waals surface area contributed by atoms with Crippen LogP contribution in [-0.4, -0.2) is 82.2 Å². The van der Waals surface area contributed by atoms with Gasteiger partial charge in [-0.2, -0.15) is 0 Å². The number of carbonyl (C=O) groups is 1. The van der Waals surface area contributed by atoms with Crippen LogP contribution < -0.4 is 5.32 Å². The molecule has 0 aromatic carbocycles. The van der Waals surface area contributed by atoms with Crippen molar-refractivity contribution in [2.45, 2.75) is 26.2 Å². The third-order valence-corrected chi connectivity index (χ3v) is 6.09. The van der Waals surface area contributed by atoms with E-state index in [1.54, 1.807) is 7.05 Å². The molecule has 2 fully saturated rings. The van der Waals surface area contributed by atoms with Crippen LogP contribution >= 0.6 is 0 Å². The molecule has 2 rings (SSSR count). The zero-order chi connectivity index (χ0) is 18.4. The topological polar surface area (TPSA) is 91.3 Å². The van der Waals surface area contributed by atoms with E-state index in [-0.39, 0.29) is 17.8 Å². The molecule has 144 valence electrons. The van der Waals surface area contributed by atoms with E-state index >= 15 is 0 Å². The molecule has 2 aliphatic heterocycles. The van der Waals surface area contributed by atoms with Crippen LogP contribution in [0.2, 0.25) is 0 Å². The highest BCUT2D eigenvalue weighted by molar-refractivity contribution is 7.88. The first-order valence-electron chi connectivity index (χ1n) is 8.92. The van der Waals surface area contributed by atoms with Gasteiger partial charge in [0.05, 0.1) is 18.8 Å². The maximum Gasteiger partial charge on any atom is 0.310 e. The van der Waals surface area contributed by atoms with Gasteiger partial charge in [0, 0.05) is 39.8 Å². The molecule has 0 amide bonds. The number of hydrogen-bond acceptors (Lipinski definition) is 5. The summed E-state index contributed by atoms with van der Waals surface area (Å²) in [5.74, 6) is 0.797. The van der Waals surface area contributed by atoms with Crippen molar-refractivity contribution >= 4 is 22.0 Å². The van der Waals surface area contributed by atoms with Crippen molar-refractivity contribution in [3.8, 4) is 0 Å². The first-order valence-corrected chi connectivity index (χ1v) is 10.8. The van der Waals surface area contributed by atoms with Gasteiger partial charge in [0.1, 0.15) is 0 Å². The summed E-state index contributed by atoms with van der Waals surface area (Å²) in [6.45, 7) is 5.50. The van der Waals surface area contributed by atoms with Gasteiger partial charge >= 0.3 is 5.97 Å². The molecule has 1 N–H and O–H groups in total. The Balaban J connectivity index is 1.85. The molecule has 0 aromatic heterocycles. The molecule has 2 aliphatic rings. The lowest BCUT2D eigenvalue weighted by molar-refractivity contribution is -0.149. The Morgan fingerprint density at radius 2 is 2.04 bits per heavy atom. The number of ether oxygens (including phenoxy) is 1. The highest BCUT2D eigenvalue weighted by Crippen LogP contribution is 2.20. The summed E-state index contributed by atoms with van der Waals surface area (Å²) < 4.78 is 29.9. The average molecular weight is 375 g/mol. The Kier molecular flexibility index (Phi) is 7.06. The molecule has 0 aliphatic carbocycles. The van der Waals surface area contributed by atoms with Crippen molar-refractivity contribution in [3.05, 3.63) is 0 Å². The van der Waals surface area contributed by atoms with Crippen molar-refractivity contribution in [2.24, 2.45) is 16.8 Å². The van der Waals surface area contributed by atoms with Gasteiger partial charge in [-0.1, -0.05) is 0 Å². The molecule has 2 atom stereocenters. The van der Waals surface area contributed by atoms with E-state index in [4.69, 9.17) is 4.74 Å². The normalized spacial score (nSPS) is 25.9. The second-order valence-corrected chi connectivity index (χ2v) is 8.72. The largest absolute Gasteiger partial charge is 0.466 e. The summed E-state index contributed by atoms with van der Waals surface area (Å²) in [5, 5.41) is 3.35. The Bertz CT molecular complexity index is 593. The summed E-state index contributed by atoms with van der Waals surface area (Å²) in [4.78, 5) is 18.4. The molecule has 9 heteroatoms. The molecule has 0 spiro atoms. The summed E-state index contributed by atoms with van der Waals surface area (Å²) in [6.07, 6.45) is 3.88. The van der Waals surface area contributed by atoms with Crippen LogP contribution in [0.3, 0.4) is 0 Å². The zero-order valence-electron chi connectivity index (χ0n) is 15.4. The smallest absolute Gasteiger partial charge is 0.310 e. The standard InChI is InChI=1S/C16H30N4O4S/c1-4-24-15(21)14-6-5-8-19(12-14)16(17-2)18-10-13-7-9-20(11-13)25(3,22)23/h13-14H,4-12H2,1-3H3,(H,17,18)/t13?,14-/m1/s1. The SMILES string of the molecule is CCOC(=O)[C@@H]1CCCN(C(=NC)NCC2CCN(S(C)(=O)=O)C2)C1. The summed E-state index contributed by atoms with van der Waals surface area (Å²) >= 11 is 0. The lowest BCUT2D eigenvalue weighted by atomic mass is 9.98. The van der Waals surface area contributed by atoms with E-state index < -0.39 is 10.0 Å². The minimum absolute atomic E-state index is 0.112. The number of nitrogens with one attached hydrogen (secondary N) is 1. The summed E-state index contributed by atoms with van der Waals surface area (Å²) in [6, 6.07) is 0. The average Bonchev–Trinajstić information content (AvgIpc) is 3.05. The van der Waals surface area contributed by atoms with Gasteiger partial charge in [0.25, 0.3) is 0 Å². The first-order chi connectivity index (χ1) is 11.8. The van der Waals surface area contributed by atoms with Gasteiger partial charge < -0.3 is 15.0 Å². The van der Waals surface area contributed by atoms with Gasteiger partial charge in [0.15, 0.2) is 5.96 Å². The fraction of sp³-hybridized carbons (Fsp3) is 0.875. The van der Waals surface area contributed by atoms with E-state index in [0.29, 0.717) is 32.8 Å². The number of rotatable bonds is 5. The van der Waals surface area contributed by atoms with Crippen LogP contribution in [0.5, 0.6) is 0 Å². The lowest BCUT2D eigenvalue weighted by Gasteiger charge is -2.34. The van der Waals surface area contributed by atoms with Crippen LogP contribution in [0.15, 0.2) is 4.99 Å². The molecule has 1 unspecified atom stereocenters. The third kappa shape index (κ3) is 5.57. The van der Waals surface area contributed by atoms with E-state index in [1.807, 2.05) is 6.92 Å². The quantitative estimate of drug-likeness (QED) is 0.417. The molecule has 25 heavy (non-hydrogen) atoms. The van der Waals surface area contributed by atoms with Gasteiger partial charge in [-0.15, -0.1) is 0 Å². The maximum absolute atomic E-state index is 12.0. The number of esters is 1. The fourth-order valence-corrected chi connectivity index (χ4v) is 4.37. The molecule has 2 saturated heterocycles. The minimum atomic E-state index is -3.11. The van der Waals surface area contributed by atoms with Gasteiger partial charge in [-0.05, 0) is 32.1 Å². The van der Waals surface area contributed by atoms with Gasteiger partial charge in [-0.3, -0.25) is 9.79 Å². The molecular formula is C16H30N4O4S. The van der Waals surface area contributed by atoms with Crippen molar-refractivity contribution in [1.82, 2.24) is 14.5 Å². The number of nitrogens with zero attached hydrogens (tertiary/aromatic N) is 3. The van der Waals surface area contributed by atoms with E-state index in [9.17, 15) is 13.2 Å². The molecule has 0 aromatic rings.